The monoisotopic (exact) mass is 409 g/mol. The fourth-order valence-corrected chi connectivity index (χ4v) is 3.88. The summed E-state index contributed by atoms with van der Waals surface area (Å²) >= 11 is 0. The lowest BCUT2D eigenvalue weighted by atomic mass is 9.72. The molecule has 0 bridgehead atoms. The van der Waals surface area contributed by atoms with Gasteiger partial charge in [-0.2, -0.15) is 4.98 Å². The molecule has 0 amide bonds. The molecule has 7 heteroatoms. The summed E-state index contributed by atoms with van der Waals surface area (Å²) < 4.78 is 28.5. The van der Waals surface area contributed by atoms with E-state index in [2.05, 4.69) is 20.3 Å². The average Bonchev–Trinajstić information content (AvgIpc) is 2.76. The van der Waals surface area contributed by atoms with Crippen molar-refractivity contribution in [3.8, 4) is 11.1 Å². The zero-order valence-electron chi connectivity index (χ0n) is 17.1. The van der Waals surface area contributed by atoms with Crippen molar-refractivity contribution < 1.29 is 8.78 Å². The number of halogens is 2. The normalized spacial score (nSPS) is 19.1. The van der Waals surface area contributed by atoms with Crippen LogP contribution >= 0.6 is 0 Å². The van der Waals surface area contributed by atoms with Crippen molar-refractivity contribution in [2.45, 2.75) is 24.9 Å². The standard InChI is InChI=1S/C23H25F2N5/c1-30(2)22-17(15-7-4-3-5-8-15)13-27-23(29-22)28-14-18(16-10-11-19(16)24)21-20(25)9-6-12-26-21/h3-9,12-13,16,18-19H,10-11,14H2,1-2H3,(H,27,28,29)/t16?,18-,19-/m0/s1. The van der Waals surface area contributed by atoms with Gasteiger partial charge in [-0.1, -0.05) is 30.3 Å². The molecular formula is C23H25F2N5. The molecule has 0 spiro atoms. The number of pyridine rings is 1. The molecular weight excluding hydrogens is 384 g/mol. The molecule has 2 aromatic heterocycles. The second-order valence-electron chi connectivity index (χ2n) is 7.81. The van der Waals surface area contributed by atoms with Gasteiger partial charge >= 0.3 is 0 Å². The number of benzene rings is 1. The molecule has 30 heavy (non-hydrogen) atoms. The van der Waals surface area contributed by atoms with Crippen LogP contribution in [0.4, 0.5) is 20.5 Å². The van der Waals surface area contributed by atoms with Crippen LogP contribution in [0, 0.1) is 11.7 Å². The van der Waals surface area contributed by atoms with Crippen molar-refractivity contribution in [2.24, 2.45) is 5.92 Å². The summed E-state index contributed by atoms with van der Waals surface area (Å²) in [6, 6.07) is 12.8. The van der Waals surface area contributed by atoms with E-state index in [1.807, 2.05) is 49.3 Å². The summed E-state index contributed by atoms with van der Waals surface area (Å²) in [4.78, 5) is 15.2. The summed E-state index contributed by atoms with van der Waals surface area (Å²) in [7, 11) is 3.85. The minimum Gasteiger partial charge on any atom is -0.362 e. The third-order valence-corrected chi connectivity index (χ3v) is 5.65. The average molecular weight is 409 g/mol. The lowest BCUT2D eigenvalue weighted by Gasteiger charge is -2.37. The SMILES string of the molecule is CN(C)c1nc(NC[C@H](c2ncccc2F)C2CC[C@@H]2F)ncc1-c1ccccc1. The number of nitrogens with zero attached hydrogens (tertiary/aromatic N) is 4. The van der Waals surface area contributed by atoms with Gasteiger partial charge in [0.25, 0.3) is 0 Å². The Balaban J connectivity index is 1.58. The maximum Gasteiger partial charge on any atom is 0.224 e. The first-order valence-electron chi connectivity index (χ1n) is 10.1. The Kier molecular flexibility index (Phi) is 5.88. The maximum absolute atomic E-state index is 14.4. The zero-order chi connectivity index (χ0) is 21.1. The van der Waals surface area contributed by atoms with E-state index in [0.29, 0.717) is 24.6 Å². The number of anilines is 2. The van der Waals surface area contributed by atoms with Gasteiger partial charge in [-0.25, -0.2) is 13.8 Å². The van der Waals surface area contributed by atoms with Crippen LogP contribution in [-0.4, -0.2) is 41.8 Å². The van der Waals surface area contributed by atoms with Crippen LogP contribution in [-0.2, 0) is 0 Å². The molecule has 3 aromatic rings. The van der Waals surface area contributed by atoms with Crippen molar-refractivity contribution in [1.29, 1.82) is 0 Å². The molecule has 156 valence electrons. The van der Waals surface area contributed by atoms with Crippen molar-refractivity contribution in [2.75, 3.05) is 30.9 Å². The van der Waals surface area contributed by atoms with E-state index in [1.54, 1.807) is 18.5 Å². The smallest absolute Gasteiger partial charge is 0.224 e. The fraction of sp³-hybridized carbons (Fsp3) is 0.348. The third kappa shape index (κ3) is 4.10. The van der Waals surface area contributed by atoms with Gasteiger partial charge in [0, 0.05) is 50.4 Å². The highest BCUT2D eigenvalue weighted by atomic mass is 19.1. The first-order chi connectivity index (χ1) is 14.5. The summed E-state index contributed by atoms with van der Waals surface area (Å²) in [5.74, 6) is 0.160. The molecule has 1 saturated carbocycles. The molecule has 1 N–H and O–H groups in total. The van der Waals surface area contributed by atoms with E-state index in [9.17, 15) is 8.78 Å². The van der Waals surface area contributed by atoms with Crippen LogP contribution in [0.5, 0.6) is 0 Å². The number of aromatic nitrogens is 3. The van der Waals surface area contributed by atoms with Gasteiger partial charge < -0.3 is 10.2 Å². The van der Waals surface area contributed by atoms with Gasteiger partial charge in [0.1, 0.15) is 17.8 Å². The number of hydrogen-bond donors (Lipinski definition) is 1. The van der Waals surface area contributed by atoms with Gasteiger partial charge in [0.05, 0.1) is 5.69 Å². The first kappa shape index (κ1) is 20.2. The molecule has 4 rings (SSSR count). The Labute approximate surface area is 175 Å². The molecule has 5 nitrogen and oxygen atoms in total. The van der Waals surface area contributed by atoms with E-state index in [1.165, 1.54) is 6.07 Å². The van der Waals surface area contributed by atoms with Crippen molar-refractivity contribution in [3.63, 3.8) is 0 Å². The molecule has 1 unspecified atom stereocenters. The van der Waals surface area contributed by atoms with Gasteiger partial charge in [-0.05, 0) is 30.5 Å². The van der Waals surface area contributed by atoms with Crippen LogP contribution in [0.3, 0.4) is 0 Å². The third-order valence-electron chi connectivity index (χ3n) is 5.65. The maximum atomic E-state index is 14.4. The predicted octanol–water partition coefficient (Wildman–Crippen LogP) is 4.69. The molecule has 0 aliphatic heterocycles. The van der Waals surface area contributed by atoms with Crippen molar-refractivity contribution in [1.82, 2.24) is 15.0 Å². The highest BCUT2D eigenvalue weighted by Gasteiger charge is 2.39. The molecule has 0 radical (unpaired) electrons. The van der Waals surface area contributed by atoms with Gasteiger partial charge in [0.2, 0.25) is 5.95 Å². The Morgan fingerprint density at radius 2 is 1.90 bits per heavy atom. The van der Waals surface area contributed by atoms with E-state index >= 15 is 0 Å². The van der Waals surface area contributed by atoms with E-state index < -0.39 is 12.0 Å². The molecule has 1 aliphatic rings. The summed E-state index contributed by atoms with van der Waals surface area (Å²) in [5.41, 5.74) is 2.24. The predicted molar refractivity (Wildman–Crippen MR) is 115 cm³/mol. The fourth-order valence-electron chi connectivity index (χ4n) is 3.88. The largest absolute Gasteiger partial charge is 0.362 e. The minimum atomic E-state index is -0.933. The molecule has 1 aliphatic carbocycles. The Morgan fingerprint density at radius 3 is 2.53 bits per heavy atom. The van der Waals surface area contributed by atoms with Gasteiger partial charge in [-0.15, -0.1) is 0 Å². The molecule has 2 heterocycles. The molecule has 0 saturated heterocycles. The Hall–Kier alpha value is -3.09. The lowest BCUT2D eigenvalue weighted by Crippen LogP contribution is -2.37. The van der Waals surface area contributed by atoms with Gasteiger partial charge in [0.15, 0.2) is 0 Å². The zero-order valence-corrected chi connectivity index (χ0v) is 17.1. The number of nitrogens with one attached hydrogen (secondary N) is 1. The van der Waals surface area contributed by atoms with E-state index in [4.69, 9.17) is 0 Å². The minimum absolute atomic E-state index is 0.251. The van der Waals surface area contributed by atoms with Crippen LogP contribution in [0.2, 0.25) is 0 Å². The Bertz CT molecular complexity index is 996. The van der Waals surface area contributed by atoms with Gasteiger partial charge in [-0.3, -0.25) is 4.98 Å². The molecule has 1 fully saturated rings. The highest BCUT2D eigenvalue weighted by Crippen LogP contribution is 2.41. The topological polar surface area (TPSA) is 53.9 Å². The molecule has 3 atom stereocenters. The number of hydrogen-bond acceptors (Lipinski definition) is 5. The van der Waals surface area contributed by atoms with Crippen LogP contribution in [0.25, 0.3) is 11.1 Å². The van der Waals surface area contributed by atoms with E-state index in [-0.39, 0.29) is 11.8 Å². The summed E-state index contributed by atoms with van der Waals surface area (Å²) in [5, 5.41) is 3.19. The van der Waals surface area contributed by atoms with E-state index in [0.717, 1.165) is 23.4 Å². The summed E-state index contributed by atoms with van der Waals surface area (Å²) in [6.45, 7) is 0.316. The second kappa shape index (κ2) is 8.73. The number of alkyl halides is 1. The Morgan fingerprint density at radius 1 is 1.10 bits per heavy atom. The van der Waals surface area contributed by atoms with Crippen molar-refractivity contribution in [3.05, 3.63) is 66.4 Å². The summed E-state index contributed by atoms with van der Waals surface area (Å²) in [6.07, 6.45) is 3.63. The second-order valence-corrected chi connectivity index (χ2v) is 7.81. The number of rotatable bonds is 7. The van der Waals surface area contributed by atoms with Crippen molar-refractivity contribution >= 4 is 11.8 Å². The highest BCUT2D eigenvalue weighted by molar-refractivity contribution is 5.75. The lowest BCUT2D eigenvalue weighted by molar-refractivity contribution is 0.0894. The van der Waals surface area contributed by atoms with Crippen LogP contribution < -0.4 is 10.2 Å². The quantitative estimate of drug-likeness (QED) is 0.614. The first-order valence-corrected chi connectivity index (χ1v) is 10.1. The molecule has 1 aromatic carbocycles. The van der Waals surface area contributed by atoms with Crippen LogP contribution in [0.15, 0.2) is 54.9 Å². The van der Waals surface area contributed by atoms with Crippen LogP contribution in [0.1, 0.15) is 24.5 Å².